The fourth-order valence-electron chi connectivity index (χ4n) is 3.01. The van der Waals surface area contributed by atoms with Gasteiger partial charge in [-0.25, -0.2) is 0 Å². The predicted molar refractivity (Wildman–Crippen MR) is 88.9 cm³/mol. The third-order valence-corrected chi connectivity index (χ3v) is 4.20. The molecule has 3 rings (SSSR count). The monoisotopic (exact) mass is 348 g/mol. The molecule has 0 saturated carbocycles. The maximum atomic E-state index is 10.5. The highest BCUT2D eigenvalue weighted by molar-refractivity contribution is 5.56. The normalized spacial score (nSPS) is 18.9. The molecule has 0 saturated heterocycles. The molecule has 1 heterocycles. The standard InChI is InChI=1S/C18H20O7/c1-22-15-4-9(5-16(23-2)18(15)24-3)17-13(21)8-11-12(20)6-10(19)7-14(11)25-17/h4-7,13,17,19-21H,8H2,1-3H3. The van der Waals surface area contributed by atoms with Crippen molar-refractivity contribution >= 4 is 0 Å². The van der Waals surface area contributed by atoms with Crippen LogP contribution in [0.1, 0.15) is 17.2 Å². The summed E-state index contributed by atoms with van der Waals surface area (Å²) in [6, 6.07) is 6.02. The summed E-state index contributed by atoms with van der Waals surface area (Å²) in [4.78, 5) is 0. The second-order valence-electron chi connectivity index (χ2n) is 5.71. The summed E-state index contributed by atoms with van der Waals surface area (Å²) in [6.07, 6.45) is -1.43. The number of phenolic OH excluding ortho intramolecular Hbond substituents is 2. The molecule has 2 aromatic carbocycles. The van der Waals surface area contributed by atoms with Gasteiger partial charge < -0.3 is 34.3 Å². The van der Waals surface area contributed by atoms with Crippen LogP contribution in [-0.2, 0) is 6.42 Å². The second kappa shape index (κ2) is 6.60. The smallest absolute Gasteiger partial charge is 0.203 e. The number of aromatic hydroxyl groups is 2. The molecule has 2 unspecified atom stereocenters. The molecule has 3 N–H and O–H groups in total. The van der Waals surface area contributed by atoms with Gasteiger partial charge in [-0.05, 0) is 12.1 Å². The van der Waals surface area contributed by atoms with E-state index in [4.69, 9.17) is 18.9 Å². The van der Waals surface area contributed by atoms with Gasteiger partial charge in [0.05, 0.1) is 27.4 Å². The van der Waals surface area contributed by atoms with Gasteiger partial charge in [0.1, 0.15) is 17.2 Å². The summed E-state index contributed by atoms with van der Waals surface area (Å²) in [6.45, 7) is 0. The van der Waals surface area contributed by atoms with Crippen LogP contribution in [0, 0.1) is 0 Å². The number of phenols is 2. The van der Waals surface area contributed by atoms with Crippen LogP contribution in [0.4, 0.5) is 0 Å². The van der Waals surface area contributed by atoms with Crippen molar-refractivity contribution in [1.82, 2.24) is 0 Å². The number of aliphatic hydroxyl groups is 1. The second-order valence-corrected chi connectivity index (χ2v) is 5.71. The lowest BCUT2D eigenvalue weighted by Crippen LogP contribution is -2.30. The van der Waals surface area contributed by atoms with E-state index in [2.05, 4.69) is 0 Å². The average molecular weight is 348 g/mol. The van der Waals surface area contributed by atoms with E-state index in [1.807, 2.05) is 0 Å². The van der Waals surface area contributed by atoms with Crippen LogP contribution in [0.15, 0.2) is 24.3 Å². The Morgan fingerprint density at radius 3 is 2.16 bits per heavy atom. The highest BCUT2D eigenvalue weighted by Gasteiger charge is 2.33. The van der Waals surface area contributed by atoms with Crippen LogP contribution in [0.5, 0.6) is 34.5 Å². The van der Waals surface area contributed by atoms with Crippen molar-refractivity contribution in [1.29, 1.82) is 0 Å². The zero-order valence-corrected chi connectivity index (χ0v) is 14.1. The van der Waals surface area contributed by atoms with Crippen molar-refractivity contribution in [2.45, 2.75) is 18.6 Å². The Hall–Kier alpha value is -2.80. The van der Waals surface area contributed by atoms with E-state index >= 15 is 0 Å². The van der Waals surface area contributed by atoms with Crippen LogP contribution in [0.2, 0.25) is 0 Å². The van der Waals surface area contributed by atoms with E-state index in [-0.39, 0.29) is 17.9 Å². The molecule has 25 heavy (non-hydrogen) atoms. The lowest BCUT2D eigenvalue weighted by atomic mass is 9.93. The molecular formula is C18H20O7. The largest absolute Gasteiger partial charge is 0.508 e. The quantitative estimate of drug-likeness (QED) is 0.779. The predicted octanol–water partition coefficient (Wildman–Crippen LogP) is 2.16. The van der Waals surface area contributed by atoms with Crippen molar-refractivity contribution < 1.29 is 34.3 Å². The summed E-state index contributed by atoms with van der Waals surface area (Å²) >= 11 is 0. The van der Waals surface area contributed by atoms with Gasteiger partial charge in [0.15, 0.2) is 17.6 Å². The molecule has 2 atom stereocenters. The number of fused-ring (bicyclic) bond motifs is 1. The Morgan fingerprint density at radius 2 is 1.60 bits per heavy atom. The molecule has 0 bridgehead atoms. The molecule has 1 aliphatic rings. The molecule has 1 aliphatic heterocycles. The summed E-state index contributed by atoms with van der Waals surface area (Å²) in [7, 11) is 4.52. The Bertz CT molecular complexity index is 762. The van der Waals surface area contributed by atoms with Gasteiger partial charge in [0.2, 0.25) is 5.75 Å². The van der Waals surface area contributed by atoms with E-state index in [0.29, 0.717) is 34.1 Å². The number of aliphatic hydroxyl groups excluding tert-OH is 1. The maximum absolute atomic E-state index is 10.5. The molecule has 0 fully saturated rings. The van der Waals surface area contributed by atoms with Gasteiger partial charge >= 0.3 is 0 Å². The third kappa shape index (κ3) is 2.98. The molecule has 0 spiro atoms. The fourth-order valence-corrected chi connectivity index (χ4v) is 3.01. The van der Waals surface area contributed by atoms with Crippen molar-refractivity contribution in [3.05, 3.63) is 35.4 Å². The Morgan fingerprint density at radius 1 is 0.960 bits per heavy atom. The van der Waals surface area contributed by atoms with E-state index in [9.17, 15) is 15.3 Å². The van der Waals surface area contributed by atoms with Crippen molar-refractivity contribution in [2.24, 2.45) is 0 Å². The molecule has 0 amide bonds. The Kier molecular flexibility index (Phi) is 4.50. The molecular weight excluding hydrogens is 328 g/mol. The molecule has 0 aromatic heterocycles. The van der Waals surface area contributed by atoms with Gasteiger partial charge in [-0.3, -0.25) is 0 Å². The van der Waals surface area contributed by atoms with Crippen LogP contribution >= 0.6 is 0 Å². The molecule has 0 aliphatic carbocycles. The van der Waals surface area contributed by atoms with Gasteiger partial charge in [-0.1, -0.05) is 0 Å². The van der Waals surface area contributed by atoms with Gasteiger partial charge in [0.25, 0.3) is 0 Å². The summed E-state index contributed by atoms with van der Waals surface area (Å²) in [5, 5.41) is 30.1. The number of hydrogen-bond acceptors (Lipinski definition) is 7. The summed E-state index contributed by atoms with van der Waals surface area (Å²) < 4.78 is 21.8. The first-order chi connectivity index (χ1) is 12.0. The fraction of sp³-hybridized carbons (Fsp3) is 0.333. The van der Waals surface area contributed by atoms with Gasteiger partial charge in [0, 0.05) is 29.7 Å². The van der Waals surface area contributed by atoms with Crippen LogP contribution in [0.25, 0.3) is 0 Å². The number of benzene rings is 2. The first-order valence-corrected chi connectivity index (χ1v) is 7.68. The minimum atomic E-state index is -0.897. The minimum Gasteiger partial charge on any atom is -0.508 e. The third-order valence-electron chi connectivity index (χ3n) is 4.20. The Balaban J connectivity index is 2.04. The van der Waals surface area contributed by atoms with E-state index in [1.54, 1.807) is 12.1 Å². The topological polar surface area (TPSA) is 97.6 Å². The number of rotatable bonds is 4. The molecule has 134 valence electrons. The summed E-state index contributed by atoms with van der Waals surface area (Å²) in [5.41, 5.74) is 1.07. The van der Waals surface area contributed by atoms with Gasteiger partial charge in [-0.15, -0.1) is 0 Å². The van der Waals surface area contributed by atoms with Crippen LogP contribution < -0.4 is 18.9 Å². The molecule has 0 radical (unpaired) electrons. The number of methoxy groups -OCH3 is 3. The Labute approximate surface area is 145 Å². The zero-order chi connectivity index (χ0) is 18.1. The molecule has 7 nitrogen and oxygen atoms in total. The zero-order valence-electron chi connectivity index (χ0n) is 14.1. The molecule has 2 aromatic rings. The van der Waals surface area contributed by atoms with Crippen molar-refractivity contribution in [3.63, 3.8) is 0 Å². The van der Waals surface area contributed by atoms with E-state index in [0.717, 1.165) is 0 Å². The first-order valence-electron chi connectivity index (χ1n) is 7.68. The summed E-state index contributed by atoms with van der Waals surface area (Å²) in [5.74, 6) is 1.42. The number of hydrogen-bond donors (Lipinski definition) is 3. The van der Waals surface area contributed by atoms with Crippen LogP contribution in [0.3, 0.4) is 0 Å². The molecule has 7 heteroatoms. The van der Waals surface area contributed by atoms with Gasteiger partial charge in [-0.2, -0.15) is 0 Å². The van der Waals surface area contributed by atoms with E-state index < -0.39 is 12.2 Å². The highest BCUT2D eigenvalue weighted by atomic mass is 16.5. The highest BCUT2D eigenvalue weighted by Crippen LogP contribution is 2.45. The SMILES string of the molecule is COc1cc(C2Oc3cc(O)cc(O)c3CC2O)cc(OC)c1OC. The van der Waals surface area contributed by atoms with E-state index in [1.165, 1.54) is 33.5 Å². The van der Waals surface area contributed by atoms with Crippen LogP contribution in [-0.4, -0.2) is 42.8 Å². The van der Waals surface area contributed by atoms with Crippen molar-refractivity contribution in [2.75, 3.05) is 21.3 Å². The first kappa shape index (κ1) is 17.0. The number of ether oxygens (including phenoxy) is 4. The lowest BCUT2D eigenvalue weighted by molar-refractivity contribution is 0.0195. The minimum absolute atomic E-state index is 0.114. The lowest BCUT2D eigenvalue weighted by Gasteiger charge is -2.31. The maximum Gasteiger partial charge on any atom is 0.203 e. The van der Waals surface area contributed by atoms with Crippen molar-refractivity contribution in [3.8, 4) is 34.5 Å². The average Bonchev–Trinajstić information content (AvgIpc) is 2.60.